The van der Waals surface area contributed by atoms with Gasteiger partial charge in [0.25, 0.3) is 0 Å². The molecule has 0 aliphatic carbocycles. The summed E-state index contributed by atoms with van der Waals surface area (Å²) in [7, 11) is 0. The maximum atomic E-state index is 11.9. The van der Waals surface area contributed by atoms with E-state index in [0.717, 1.165) is 5.56 Å². The van der Waals surface area contributed by atoms with Crippen LogP contribution in [0.3, 0.4) is 0 Å². The molecule has 2 nitrogen and oxygen atoms in total. The quantitative estimate of drug-likeness (QED) is 0.595. The van der Waals surface area contributed by atoms with Crippen LogP contribution in [0.2, 0.25) is 5.02 Å². The highest BCUT2D eigenvalue weighted by Gasteiger charge is 2.46. The van der Waals surface area contributed by atoms with Gasteiger partial charge in [0.2, 0.25) is 0 Å². The first kappa shape index (κ1) is 19.2. The van der Waals surface area contributed by atoms with Crippen LogP contribution in [0, 0.1) is 5.92 Å². The van der Waals surface area contributed by atoms with Gasteiger partial charge < -0.3 is 10.4 Å². The fourth-order valence-corrected chi connectivity index (χ4v) is 4.62. The smallest absolute Gasteiger partial charge is 0.0750 e. The highest BCUT2D eigenvalue weighted by molar-refractivity contribution is 6.31. The van der Waals surface area contributed by atoms with Crippen LogP contribution in [0.15, 0.2) is 84.9 Å². The molecule has 1 aliphatic heterocycles. The average molecular weight is 392 g/mol. The zero-order chi connectivity index (χ0) is 19.6. The summed E-state index contributed by atoms with van der Waals surface area (Å²) in [5.74, 6) is 0.0335. The maximum absolute atomic E-state index is 11.9. The van der Waals surface area contributed by atoms with E-state index in [2.05, 4.69) is 60.8 Å². The van der Waals surface area contributed by atoms with Crippen molar-refractivity contribution in [3.05, 3.63) is 107 Å². The second kappa shape index (κ2) is 8.08. The van der Waals surface area contributed by atoms with Gasteiger partial charge in [0.15, 0.2) is 0 Å². The van der Waals surface area contributed by atoms with Gasteiger partial charge in [-0.25, -0.2) is 0 Å². The number of aliphatic hydroxyl groups is 1. The first-order chi connectivity index (χ1) is 13.6. The largest absolute Gasteiger partial charge is 0.389 e. The molecule has 0 spiro atoms. The highest BCUT2D eigenvalue weighted by atomic mass is 35.5. The maximum Gasteiger partial charge on any atom is 0.0750 e. The van der Waals surface area contributed by atoms with Crippen LogP contribution in [0.1, 0.15) is 42.1 Å². The van der Waals surface area contributed by atoms with Crippen LogP contribution in [0.25, 0.3) is 0 Å². The second-order valence-corrected chi connectivity index (χ2v) is 8.29. The second-order valence-electron chi connectivity index (χ2n) is 7.88. The summed E-state index contributed by atoms with van der Waals surface area (Å²) < 4.78 is 0. The molecule has 1 saturated heterocycles. The molecule has 4 atom stereocenters. The Hall–Kier alpha value is -2.13. The minimum atomic E-state index is -0.864. The third kappa shape index (κ3) is 3.86. The van der Waals surface area contributed by atoms with E-state index in [0.29, 0.717) is 17.9 Å². The highest BCUT2D eigenvalue weighted by Crippen LogP contribution is 2.45. The molecule has 144 valence electrons. The molecule has 3 heteroatoms. The Morgan fingerprint density at radius 2 is 1.46 bits per heavy atom. The van der Waals surface area contributed by atoms with E-state index >= 15 is 0 Å². The van der Waals surface area contributed by atoms with Crippen LogP contribution in [0.5, 0.6) is 0 Å². The van der Waals surface area contributed by atoms with Crippen molar-refractivity contribution in [2.45, 2.75) is 37.5 Å². The van der Waals surface area contributed by atoms with Crippen molar-refractivity contribution in [3.8, 4) is 0 Å². The van der Waals surface area contributed by atoms with Gasteiger partial charge in [0.1, 0.15) is 0 Å². The monoisotopic (exact) mass is 391 g/mol. The molecule has 0 unspecified atom stereocenters. The lowest BCUT2D eigenvalue weighted by Crippen LogP contribution is -2.53. The van der Waals surface area contributed by atoms with E-state index in [1.165, 1.54) is 11.1 Å². The van der Waals surface area contributed by atoms with E-state index in [1.807, 2.05) is 36.4 Å². The predicted molar refractivity (Wildman–Crippen MR) is 115 cm³/mol. The molecule has 1 aliphatic rings. The molecule has 0 bridgehead atoms. The van der Waals surface area contributed by atoms with Gasteiger partial charge in [0.05, 0.1) is 5.60 Å². The summed E-state index contributed by atoms with van der Waals surface area (Å²) in [6.07, 6.45) is 1.19. The van der Waals surface area contributed by atoms with Gasteiger partial charge in [-0.15, -0.1) is 0 Å². The summed E-state index contributed by atoms with van der Waals surface area (Å²) in [5, 5.41) is 16.4. The normalized spacial score (nSPS) is 27.5. The van der Waals surface area contributed by atoms with E-state index in [4.69, 9.17) is 11.6 Å². The fourth-order valence-electron chi connectivity index (χ4n) is 4.42. The molecule has 2 N–H and O–H groups in total. The number of nitrogens with one attached hydrogen (secondary N) is 1. The summed E-state index contributed by atoms with van der Waals surface area (Å²) >= 11 is 6.43. The molecule has 4 rings (SSSR count). The number of rotatable bonds is 4. The van der Waals surface area contributed by atoms with Crippen LogP contribution in [-0.4, -0.2) is 10.7 Å². The van der Waals surface area contributed by atoms with E-state index < -0.39 is 5.60 Å². The lowest BCUT2D eigenvalue weighted by molar-refractivity contribution is -0.0674. The van der Waals surface area contributed by atoms with Crippen LogP contribution >= 0.6 is 11.6 Å². The van der Waals surface area contributed by atoms with Crippen molar-refractivity contribution in [1.82, 2.24) is 5.32 Å². The van der Waals surface area contributed by atoms with Gasteiger partial charge in [-0.3, -0.25) is 0 Å². The molecule has 28 heavy (non-hydrogen) atoms. The molecule has 1 fully saturated rings. The Morgan fingerprint density at radius 1 is 0.893 bits per heavy atom. The Morgan fingerprint density at radius 3 is 2.11 bits per heavy atom. The molecular weight excluding hydrogens is 366 g/mol. The van der Waals surface area contributed by atoms with Gasteiger partial charge in [-0.2, -0.15) is 0 Å². The molecule has 0 saturated carbocycles. The zero-order valence-electron chi connectivity index (χ0n) is 16.1. The number of hydrogen-bond donors (Lipinski definition) is 2. The molecule has 1 heterocycles. The first-order valence-corrected chi connectivity index (χ1v) is 10.3. The summed E-state index contributed by atoms with van der Waals surface area (Å²) in [4.78, 5) is 0. The van der Waals surface area contributed by atoms with E-state index in [1.54, 1.807) is 0 Å². The Kier molecular flexibility index (Phi) is 5.54. The zero-order valence-corrected chi connectivity index (χ0v) is 16.8. The molecule has 3 aromatic rings. The standard InChI is InChI=1S/C25H26ClNO/c1-18-24(20-12-6-3-7-13-20)27-23(19-10-4-2-5-11-19)17-25(18,28)16-21-14-8-9-15-22(21)26/h2-15,18,23-24,27-28H,16-17H2,1H3/t18-,23-,24-,25+/m1/s1. The third-order valence-electron chi connectivity index (χ3n) is 6.10. The van der Waals surface area contributed by atoms with Crippen molar-refractivity contribution in [2.75, 3.05) is 0 Å². The molecule has 0 amide bonds. The minimum absolute atomic E-state index is 0.0335. The van der Waals surface area contributed by atoms with Crippen LogP contribution in [0.4, 0.5) is 0 Å². The molecule has 3 aromatic carbocycles. The van der Waals surface area contributed by atoms with Crippen molar-refractivity contribution < 1.29 is 5.11 Å². The van der Waals surface area contributed by atoms with Crippen molar-refractivity contribution in [1.29, 1.82) is 0 Å². The van der Waals surface area contributed by atoms with Crippen molar-refractivity contribution in [3.63, 3.8) is 0 Å². The summed E-state index contributed by atoms with van der Waals surface area (Å²) in [6.45, 7) is 2.14. The Balaban J connectivity index is 1.72. The Bertz CT molecular complexity index is 914. The average Bonchev–Trinajstić information content (AvgIpc) is 2.73. The topological polar surface area (TPSA) is 32.3 Å². The third-order valence-corrected chi connectivity index (χ3v) is 6.47. The minimum Gasteiger partial charge on any atom is -0.389 e. The van der Waals surface area contributed by atoms with Crippen LogP contribution < -0.4 is 5.32 Å². The van der Waals surface area contributed by atoms with Crippen molar-refractivity contribution in [2.24, 2.45) is 5.92 Å². The summed E-state index contributed by atoms with van der Waals surface area (Å²) in [5.41, 5.74) is 2.54. The van der Waals surface area contributed by atoms with E-state index in [9.17, 15) is 5.11 Å². The lowest BCUT2D eigenvalue weighted by Gasteiger charge is -2.48. The van der Waals surface area contributed by atoms with Crippen molar-refractivity contribution >= 4 is 11.6 Å². The molecule has 0 aromatic heterocycles. The van der Waals surface area contributed by atoms with Crippen LogP contribution in [-0.2, 0) is 6.42 Å². The first-order valence-electron chi connectivity index (χ1n) is 9.88. The summed E-state index contributed by atoms with van der Waals surface area (Å²) in [6, 6.07) is 28.8. The number of hydrogen-bond acceptors (Lipinski definition) is 2. The SMILES string of the molecule is C[C@@H]1[C@H](c2ccccc2)N[C@@H](c2ccccc2)C[C@@]1(O)Cc1ccccc1Cl. The fraction of sp³-hybridized carbons (Fsp3) is 0.280. The van der Waals surface area contributed by atoms with Gasteiger partial charge in [-0.1, -0.05) is 97.4 Å². The van der Waals surface area contributed by atoms with E-state index in [-0.39, 0.29) is 18.0 Å². The molecular formula is C25H26ClNO. The van der Waals surface area contributed by atoms with Gasteiger partial charge >= 0.3 is 0 Å². The molecule has 0 radical (unpaired) electrons. The van der Waals surface area contributed by atoms with Gasteiger partial charge in [-0.05, 0) is 29.2 Å². The lowest BCUT2D eigenvalue weighted by atomic mass is 9.69. The Labute approximate surface area is 172 Å². The number of piperidine rings is 1. The predicted octanol–water partition coefficient (Wildman–Crippen LogP) is 5.73. The van der Waals surface area contributed by atoms with Gasteiger partial charge in [0, 0.05) is 29.4 Å². The number of benzene rings is 3. The number of halogens is 1.